The fraction of sp³-hybridized carbons (Fsp3) is 0.0769. The molecule has 0 spiro atoms. The summed E-state index contributed by atoms with van der Waals surface area (Å²) in [5.41, 5.74) is 29.0. The van der Waals surface area contributed by atoms with Crippen LogP contribution in [0, 0.1) is 0 Å². The zero-order valence-electron chi connectivity index (χ0n) is 67.2. The summed E-state index contributed by atoms with van der Waals surface area (Å²) in [6, 6.07) is 124. The van der Waals surface area contributed by atoms with Crippen molar-refractivity contribution in [1.29, 1.82) is 0 Å². The van der Waals surface area contributed by atoms with Crippen LogP contribution in [0.5, 0.6) is 0 Å². The molecule has 0 saturated heterocycles. The first kappa shape index (κ1) is 60.7. The van der Waals surface area contributed by atoms with Crippen molar-refractivity contribution in [3.8, 4) is 67.0 Å². The van der Waals surface area contributed by atoms with E-state index in [0.29, 0.717) is 5.56 Å². The summed E-state index contributed by atoms with van der Waals surface area (Å²) >= 11 is 0. The Kier molecular flexibility index (Phi) is 14.5. The van der Waals surface area contributed by atoms with Gasteiger partial charge in [0.05, 0.1) is 34.6 Å². The summed E-state index contributed by atoms with van der Waals surface area (Å²) in [5.74, 6) is 0. The van der Waals surface area contributed by atoms with Gasteiger partial charge >= 0.3 is 0 Å². The predicted octanol–water partition coefficient (Wildman–Crippen LogP) is 26.4. The van der Waals surface area contributed by atoms with Gasteiger partial charge in [-0.05, 0) is 234 Å². The Balaban J connectivity index is 0.934. The Bertz CT molecular complexity index is 6660. The minimum atomic E-state index is -0.464. The molecular formula is C104H80BN5. The van der Waals surface area contributed by atoms with Crippen molar-refractivity contribution in [2.75, 3.05) is 14.7 Å². The smallest absolute Gasteiger partial charge is 0.252 e. The molecule has 2 aliphatic heterocycles. The summed E-state index contributed by atoms with van der Waals surface area (Å²) in [4.78, 5) is 7.35. The molecule has 2 aromatic heterocycles. The minimum absolute atomic E-state index is 0.113. The quantitative estimate of drug-likeness (QED) is 0.114. The van der Waals surface area contributed by atoms with Crippen molar-refractivity contribution in [3.63, 3.8) is 0 Å². The van der Waals surface area contributed by atoms with Gasteiger partial charge in [-0.3, -0.25) is 0 Å². The molecule has 4 heterocycles. The van der Waals surface area contributed by atoms with E-state index in [1.54, 1.807) is 0 Å². The van der Waals surface area contributed by atoms with Crippen molar-refractivity contribution in [3.05, 3.63) is 387 Å². The lowest BCUT2D eigenvalue weighted by Gasteiger charge is -2.45. The van der Waals surface area contributed by atoms with Gasteiger partial charge in [-0.15, -0.1) is 0 Å². The molecule has 2 aliphatic rings. The van der Waals surface area contributed by atoms with Gasteiger partial charge in [-0.1, -0.05) is 278 Å². The number of hydrogen-bond acceptors (Lipinski definition) is 3. The average molecular weight is 1420 g/mol. The molecule has 20 rings (SSSR count). The van der Waals surface area contributed by atoms with Crippen molar-refractivity contribution >= 4 is 118 Å². The van der Waals surface area contributed by atoms with Gasteiger partial charge in [-0.2, -0.15) is 0 Å². The van der Waals surface area contributed by atoms with Gasteiger partial charge in [-0.25, -0.2) is 0 Å². The van der Waals surface area contributed by atoms with Crippen molar-refractivity contribution in [1.82, 2.24) is 9.13 Å². The minimum Gasteiger partial charge on any atom is -0.311 e. The summed E-state index contributed by atoms with van der Waals surface area (Å²) in [7, 11) is 0. The van der Waals surface area contributed by atoms with Crippen LogP contribution in [0.4, 0.5) is 51.2 Å². The number of para-hydroxylation sites is 3. The van der Waals surface area contributed by atoms with E-state index in [9.17, 15) is 5.48 Å². The first-order valence-corrected chi connectivity index (χ1v) is 38.1. The zero-order chi connectivity index (χ0) is 78.3. The molecule has 5 nitrogen and oxygen atoms in total. The van der Waals surface area contributed by atoms with Crippen LogP contribution in [0.15, 0.2) is 376 Å². The predicted molar refractivity (Wildman–Crippen MR) is 468 cm³/mol. The molecule has 6 heteroatoms. The highest BCUT2D eigenvalue weighted by atomic mass is 15.2. The topological polar surface area (TPSA) is 19.6 Å². The molecule has 0 aliphatic carbocycles. The van der Waals surface area contributed by atoms with Crippen LogP contribution in [0.1, 0.15) is 59.5 Å². The molecule has 524 valence electrons. The van der Waals surface area contributed by atoms with Crippen LogP contribution in [0.2, 0.25) is 0 Å². The van der Waals surface area contributed by atoms with Crippen molar-refractivity contribution < 1.29 is 6.85 Å². The van der Waals surface area contributed by atoms with Gasteiger partial charge in [0, 0.05) is 78.4 Å². The van der Waals surface area contributed by atoms with Crippen LogP contribution >= 0.6 is 0 Å². The molecule has 0 fully saturated rings. The third-order valence-corrected chi connectivity index (χ3v) is 22.6. The van der Waals surface area contributed by atoms with Gasteiger partial charge < -0.3 is 23.8 Å². The van der Waals surface area contributed by atoms with Crippen molar-refractivity contribution in [2.45, 2.75) is 52.4 Å². The van der Waals surface area contributed by atoms with Gasteiger partial charge in [0.2, 0.25) is 0 Å². The SMILES string of the molecule is [2H]c1c([2H])c([2H])c(-c2ccc3c(c2)N(c2cc(-c4ccccc4)cc(-c4ccccc4)c2)c2cc(N(c4ccccc4)c4ccc(-n5c6ccccc6c6ccccc65)cc4)cc4c2B3c2ccc(-n3c5ccc(C(C)(C)C)cc5c5cc(C(C)(C)C)ccc53)cc2N4c2cc(-c3ccccc3)cc(-c3ccccc3)c2)c([2H])c1[2H]. The number of aromatic nitrogens is 2. The highest BCUT2D eigenvalue weighted by Crippen LogP contribution is 2.52. The average Bonchev–Trinajstić information content (AvgIpc) is 1.41. The first-order chi connectivity index (χ1) is 55.9. The van der Waals surface area contributed by atoms with Crippen LogP contribution in [0.3, 0.4) is 0 Å². The molecule has 0 amide bonds. The largest absolute Gasteiger partial charge is 0.311 e. The summed E-state index contributed by atoms with van der Waals surface area (Å²) < 4.78 is 51.3. The molecule has 0 saturated carbocycles. The second-order valence-electron chi connectivity index (χ2n) is 31.4. The normalized spacial score (nSPS) is 13.2. The van der Waals surface area contributed by atoms with E-state index in [1.165, 1.54) is 32.7 Å². The Morgan fingerprint density at radius 3 is 1.12 bits per heavy atom. The monoisotopic (exact) mass is 1410 g/mol. The highest BCUT2D eigenvalue weighted by molar-refractivity contribution is 7.00. The lowest BCUT2D eigenvalue weighted by atomic mass is 9.33. The third-order valence-electron chi connectivity index (χ3n) is 22.6. The Hall–Kier alpha value is -13.4. The number of nitrogens with zero attached hydrogens (tertiary/aromatic N) is 5. The molecule has 16 aromatic carbocycles. The number of rotatable bonds is 12. The van der Waals surface area contributed by atoms with E-state index in [0.717, 1.165) is 146 Å². The maximum Gasteiger partial charge on any atom is 0.252 e. The van der Waals surface area contributed by atoms with Crippen LogP contribution in [-0.2, 0) is 10.8 Å². The van der Waals surface area contributed by atoms with Crippen molar-refractivity contribution in [2.24, 2.45) is 0 Å². The second kappa shape index (κ2) is 26.2. The lowest BCUT2D eigenvalue weighted by Crippen LogP contribution is -2.61. The Morgan fingerprint density at radius 1 is 0.264 bits per heavy atom. The third kappa shape index (κ3) is 11.3. The van der Waals surface area contributed by atoms with E-state index in [4.69, 9.17) is 1.37 Å². The molecule has 0 bridgehead atoms. The molecule has 0 unspecified atom stereocenters. The lowest BCUT2D eigenvalue weighted by molar-refractivity contribution is 0.590. The Morgan fingerprint density at radius 2 is 0.655 bits per heavy atom. The molecule has 110 heavy (non-hydrogen) atoms. The maximum absolute atomic E-state index is 9.66. The summed E-state index contributed by atoms with van der Waals surface area (Å²) in [5, 5.41) is 4.76. The fourth-order valence-electron chi connectivity index (χ4n) is 17.2. The molecule has 18 aromatic rings. The van der Waals surface area contributed by atoms with E-state index in [-0.39, 0.29) is 28.5 Å². The van der Waals surface area contributed by atoms with Crippen LogP contribution in [0.25, 0.3) is 111 Å². The Labute approximate surface area is 651 Å². The second-order valence-corrected chi connectivity index (χ2v) is 31.4. The van der Waals surface area contributed by atoms with Gasteiger partial charge in [0.15, 0.2) is 0 Å². The van der Waals surface area contributed by atoms with E-state index < -0.39 is 24.8 Å². The highest BCUT2D eigenvalue weighted by Gasteiger charge is 2.45. The number of anilines is 9. The number of hydrogen-bond donors (Lipinski definition) is 0. The molecule has 0 atom stereocenters. The molecule has 0 radical (unpaired) electrons. The fourth-order valence-corrected chi connectivity index (χ4v) is 17.2. The standard InChI is InChI=1S/C104H80BN5/c1-103(2,3)79-46-55-96-90(64-79)91-65-80(104(4,5)6)47-56-97(91)108(96)84-52-54-93-99(66-84)110(86-61-77(72-35-19-10-20-36-72)58-78(62-86)73-37-21-11-22-38-73)101-68-87(106(81-39-23-12-24-40-81)82-48-50-83(51-49-82)107-94-43-27-25-41-88(94)89-42-26-28-44-95(89)107)67-100-102(101)105(93)92-53-45-74(69-29-13-7-14-30-69)63-98(92)109(100)85-59-75(70-31-15-8-16-32-70)57-76(60-85)71-33-17-9-18-34-71/h7-68H,1-6H3/i7D,13D,14D,29D,30D. The maximum atomic E-state index is 9.66. The van der Waals surface area contributed by atoms with Crippen LogP contribution in [-0.4, -0.2) is 15.8 Å². The number of benzene rings is 16. The summed E-state index contributed by atoms with van der Waals surface area (Å²) in [6.07, 6.45) is 0. The van der Waals surface area contributed by atoms with Gasteiger partial charge in [0.1, 0.15) is 0 Å². The van der Waals surface area contributed by atoms with E-state index >= 15 is 0 Å². The van der Waals surface area contributed by atoms with Gasteiger partial charge in [0.25, 0.3) is 6.71 Å². The molecular weight excluding hydrogens is 1330 g/mol. The van der Waals surface area contributed by atoms with E-state index in [1.807, 2.05) is 6.07 Å². The first-order valence-electron chi connectivity index (χ1n) is 40.6. The number of fused-ring (bicyclic) bond motifs is 10. The summed E-state index contributed by atoms with van der Waals surface area (Å²) in [6.45, 7) is 13.3. The van der Waals surface area contributed by atoms with Crippen LogP contribution < -0.4 is 31.1 Å². The zero-order valence-corrected chi connectivity index (χ0v) is 62.2. The molecule has 0 N–H and O–H groups in total. The van der Waals surface area contributed by atoms with E-state index in [2.05, 4.69) is 405 Å².